The highest BCUT2D eigenvalue weighted by atomic mass is 19.1. The zero-order valence-electron chi connectivity index (χ0n) is 15.1. The molecule has 7 heteroatoms. The van der Waals surface area contributed by atoms with Crippen molar-refractivity contribution in [3.05, 3.63) is 65.7 Å². The highest BCUT2D eigenvalue weighted by Gasteiger charge is 2.31. The van der Waals surface area contributed by atoms with E-state index in [0.29, 0.717) is 18.9 Å². The van der Waals surface area contributed by atoms with Crippen LogP contribution < -0.4 is 4.74 Å². The van der Waals surface area contributed by atoms with Crippen LogP contribution in [0.5, 0.6) is 5.75 Å². The van der Waals surface area contributed by atoms with Gasteiger partial charge in [0.2, 0.25) is 0 Å². The van der Waals surface area contributed by atoms with Crippen molar-refractivity contribution in [1.82, 2.24) is 19.7 Å². The quantitative estimate of drug-likeness (QED) is 0.714. The average Bonchev–Trinajstić information content (AvgIpc) is 3.14. The van der Waals surface area contributed by atoms with Crippen LogP contribution in [0.25, 0.3) is 11.4 Å². The van der Waals surface area contributed by atoms with Crippen LogP contribution in [0.15, 0.2) is 48.5 Å². The molecule has 0 spiro atoms. The highest BCUT2D eigenvalue weighted by Crippen LogP contribution is 2.28. The van der Waals surface area contributed by atoms with Crippen molar-refractivity contribution in [3.8, 4) is 17.1 Å². The number of nitrogens with zero attached hydrogens (tertiary/aromatic N) is 4. The Balaban J connectivity index is 1.61. The lowest BCUT2D eigenvalue weighted by Crippen LogP contribution is -2.41. The Bertz CT molecular complexity index is 987. The van der Waals surface area contributed by atoms with Crippen molar-refractivity contribution >= 4 is 5.91 Å². The molecule has 3 aromatic rings. The molecule has 0 radical (unpaired) electrons. The number of methoxy groups -OCH3 is 1. The molecule has 2 heterocycles. The van der Waals surface area contributed by atoms with Gasteiger partial charge in [-0.05, 0) is 25.1 Å². The number of rotatable bonds is 3. The van der Waals surface area contributed by atoms with Gasteiger partial charge >= 0.3 is 0 Å². The van der Waals surface area contributed by atoms with Gasteiger partial charge in [-0.15, -0.1) is 0 Å². The molecule has 0 saturated carbocycles. The smallest absolute Gasteiger partial charge is 0.254 e. The van der Waals surface area contributed by atoms with Gasteiger partial charge in [0.1, 0.15) is 5.82 Å². The average molecular weight is 366 g/mol. The largest absolute Gasteiger partial charge is 0.494 e. The van der Waals surface area contributed by atoms with Gasteiger partial charge in [0, 0.05) is 17.7 Å². The lowest BCUT2D eigenvalue weighted by molar-refractivity contribution is 0.0630. The maximum absolute atomic E-state index is 14.0. The lowest BCUT2D eigenvalue weighted by Gasteiger charge is -2.33. The predicted octanol–water partition coefficient (Wildman–Crippen LogP) is 3.31. The number of carbonyl (C=O) groups excluding carboxylic acids is 1. The molecule has 0 aliphatic carbocycles. The van der Waals surface area contributed by atoms with Crippen LogP contribution in [0.3, 0.4) is 0 Å². The first-order valence-electron chi connectivity index (χ1n) is 8.73. The first-order valence-corrected chi connectivity index (χ1v) is 8.73. The van der Waals surface area contributed by atoms with Crippen LogP contribution in [-0.2, 0) is 6.54 Å². The van der Waals surface area contributed by atoms with Gasteiger partial charge in [-0.2, -0.15) is 5.10 Å². The zero-order chi connectivity index (χ0) is 19.0. The Morgan fingerprint density at radius 2 is 1.96 bits per heavy atom. The molecular weight excluding hydrogens is 347 g/mol. The minimum absolute atomic E-state index is 0.116. The molecule has 2 aromatic carbocycles. The molecule has 138 valence electrons. The van der Waals surface area contributed by atoms with Gasteiger partial charge in [-0.3, -0.25) is 4.79 Å². The van der Waals surface area contributed by atoms with Crippen molar-refractivity contribution < 1.29 is 13.9 Å². The summed E-state index contributed by atoms with van der Waals surface area (Å²) in [6, 6.07) is 13.7. The molecule has 1 aromatic heterocycles. The molecular formula is C20H19FN4O2. The maximum atomic E-state index is 14.0. The Hall–Kier alpha value is -3.22. The molecule has 0 fully saturated rings. The number of fused-ring (bicyclic) bond motifs is 1. The van der Waals surface area contributed by atoms with Crippen molar-refractivity contribution in [1.29, 1.82) is 0 Å². The van der Waals surface area contributed by atoms with E-state index in [-0.39, 0.29) is 23.3 Å². The summed E-state index contributed by atoms with van der Waals surface area (Å²) in [7, 11) is 1.39. The van der Waals surface area contributed by atoms with E-state index in [9.17, 15) is 9.18 Å². The number of ether oxygens (including phenoxy) is 1. The van der Waals surface area contributed by atoms with Crippen molar-refractivity contribution in [2.45, 2.75) is 19.5 Å². The summed E-state index contributed by atoms with van der Waals surface area (Å²) in [5.74, 6) is 0.692. The van der Waals surface area contributed by atoms with Crippen LogP contribution in [0.2, 0.25) is 0 Å². The normalized spacial score (nSPS) is 16.1. The second kappa shape index (κ2) is 6.83. The third-order valence-corrected chi connectivity index (χ3v) is 4.79. The van der Waals surface area contributed by atoms with E-state index in [1.165, 1.54) is 19.2 Å². The lowest BCUT2D eigenvalue weighted by atomic mass is 10.1. The predicted molar refractivity (Wildman–Crippen MR) is 97.9 cm³/mol. The van der Waals surface area contributed by atoms with E-state index >= 15 is 0 Å². The topological polar surface area (TPSA) is 60.2 Å². The summed E-state index contributed by atoms with van der Waals surface area (Å²) in [6.45, 7) is 2.94. The van der Waals surface area contributed by atoms with Crippen molar-refractivity contribution in [2.24, 2.45) is 0 Å². The molecule has 0 unspecified atom stereocenters. The van der Waals surface area contributed by atoms with E-state index in [0.717, 1.165) is 11.4 Å². The molecule has 1 amide bonds. The van der Waals surface area contributed by atoms with Crippen LogP contribution in [-0.4, -0.2) is 39.2 Å². The molecule has 1 aliphatic heterocycles. The van der Waals surface area contributed by atoms with E-state index in [2.05, 4.69) is 10.1 Å². The summed E-state index contributed by atoms with van der Waals surface area (Å²) in [4.78, 5) is 19.2. The van der Waals surface area contributed by atoms with Gasteiger partial charge in [0.15, 0.2) is 17.4 Å². The van der Waals surface area contributed by atoms with Gasteiger partial charge in [0.05, 0.1) is 19.7 Å². The van der Waals surface area contributed by atoms with Gasteiger partial charge < -0.3 is 9.64 Å². The summed E-state index contributed by atoms with van der Waals surface area (Å²) >= 11 is 0. The molecule has 4 rings (SSSR count). The van der Waals surface area contributed by atoms with E-state index in [1.54, 1.807) is 11.0 Å². The molecule has 0 bridgehead atoms. The summed E-state index contributed by atoms with van der Waals surface area (Å²) < 4.78 is 20.7. The van der Waals surface area contributed by atoms with Gasteiger partial charge in [-0.1, -0.05) is 30.3 Å². The Labute approximate surface area is 156 Å². The fraction of sp³-hybridized carbons (Fsp3) is 0.250. The second-order valence-corrected chi connectivity index (χ2v) is 6.41. The van der Waals surface area contributed by atoms with Gasteiger partial charge in [0.25, 0.3) is 5.91 Å². The highest BCUT2D eigenvalue weighted by molar-refractivity contribution is 5.94. The van der Waals surface area contributed by atoms with Gasteiger partial charge in [-0.25, -0.2) is 14.1 Å². The van der Waals surface area contributed by atoms with Crippen LogP contribution in [0.1, 0.15) is 29.1 Å². The number of benzene rings is 2. The Morgan fingerprint density at radius 3 is 2.67 bits per heavy atom. The number of carbonyl (C=O) groups is 1. The monoisotopic (exact) mass is 366 g/mol. The van der Waals surface area contributed by atoms with Crippen molar-refractivity contribution in [3.63, 3.8) is 0 Å². The van der Waals surface area contributed by atoms with Crippen LogP contribution in [0, 0.1) is 5.82 Å². The number of hydrogen-bond acceptors (Lipinski definition) is 4. The second-order valence-electron chi connectivity index (χ2n) is 6.41. The minimum atomic E-state index is -0.553. The first kappa shape index (κ1) is 17.2. The third-order valence-electron chi connectivity index (χ3n) is 4.79. The molecule has 0 saturated heterocycles. The number of aromatic nitrogens is 3. The fourth-order valence-electron chi connectivity index (χ4n) is 3.32. The standard InChI is InChI=1S/C20H19FN4O2/c1-13-19-22-18(14-6-4-3-5-7-14)23-25(19)11-10-24(13)20(26)15-8-9-17(27-2)16(21)12-15/h3-9,12-13H,10-11H2,1-2H3/t13-/m0/s1. The fourth-order valence-corrected chi connectivity index (χ4v) is 3.32. The summed E-state index contributed by atoms with van der Waals surface area (Å²) in [6.07, 6.45) is 0. The first-order chi connectivity index (χ1) is 13.1. The minimum Gasteiger partial charge on any atom is -0.494 e. The third kappa shape index (κ3) is 3.05. The molecule has 1 atom stereocenters. The SMILES string of the molecule is COc1ccc(C(=O)N2CCn3nc(-c4ccccc4)nc3[C@@H]2C)cc1F. The number of hydrogen-bond donors (Lipinski definition) is 0. The van der Waals surface area contributed by atoms with E-state index < -0.39 is 5.82 Å². The number of halogens is 1. The van der Waals surface area contributed by atoms with E-state index in [4.69, 9.17) is 4.74 Å². The summed E-state index contributed by atoms with van der Waals surface area (Å²) in [5.41, 5.74) is 1.22. The molecule has 27 heavy (non-hydrogen) atoms. The van der Waals surface area contributed by atoms with E-state index in [1.807, 2.05) is 41.9 Å². The summed E-state index contributed by atoms with van der Waals surface area (Å²) in [5, 5.41) is 4.57. The Kier molecular flexibility index (Phi) is 4.35. The van der Waals surface area contributed by atoms with Crippen LogP contribution in [0.4, 0.5) is 4.39 Å². The van der Waals surface area contributed by atoms with Crippen molar-refractivity contribution in [2.75, 3.05) is 13.7 Å². The maximum Gasteiger partial charge on any atom is 0.254 e. The molecule has 0 N–H and O–H groups in total. The van der Waals surface area contributed by atoms with Crippen LogP contribution >= 0.6 is 0 Å². The molecule has 1 aliphatic rings. The zero-order valence-corrected chi connectivity index (χ0v) is 15.1. The Morgan fingerprint density at radius 1 is 1.19 bits per heavy atom. The number of amides is 1. The molecule has 6 nitrogen and oxygen atoms in total.